The van der Waals surface area contributed by atoms with Crippen LogP contribution >= 0.6 is 0 Å². The number of carbonyl (C=O) groups is 6. The van der Waals surface area contributed by atoms with Gasteiger partial charge in [0.2, 0.25) is 0 Å². The van der Waals surface area contributed by atoms with Gasteiger partial charge in [-0.3, -0.25) is 24.8 Å². The van der Waals surface area contributed by atoms with E-state index < -0.39 is 29.2 Å². The van der Waals surface area contributed by atoms with Crippen LogP contribution in [-0.4, -0.2) is 77.7 Å². The minimum Gasteiger partial charge on any atom is -0.475 e. The summed E-state index contributed by atoms with van der Waals surface area (Å²) in [4.78, 5) is 77.6. The number of aryl methyl sites for hydroxylation is 1. The van der Waals surface area contributed by atoms with Gasteiger partial charge in [-0.05, 0) is 66.8 Å². The number of hydrogen-bond donors (Lipinski definition) is 5. The number of ether oxygens (including phenoxy) is 1. The topological polar surface area (TPSA) is 233 Å². The molecule has 1 unspecified atom stereocenters. The second kappa shape index (κ2) is 16.9. The molecular formula is C36H37F3N6O8. The standard InChI is InChI=1S/C34H36N6O6.C2HF3O2/c35-32(36)37-17-6-2-3-7-23-12-15-28-27(19-23)30(44)38-21-29(43)40(28)25-13-10-24(11-14-25)20-34(33(22-42,39-34)16-18-41)31(45)46-26-8-4-1-5-9-26;3-2(4,5)1(6)7/h1,4-5,8-15,18-19,22,39H,2-3,6-7,16-17,20-21H2,(H,38,44)(H4,35,36,37);(H,6,7)/t33?,34-;/m0./s1. The van der Waals surface area contributed by atoms with Crippen molar-refractivity contribution in [2.24, 2.45) is 16.5 Å². The van der Waals surface area contributed by atoms with Gasteiger partial charge < -0.3 is 36.2 Å². The molecule has 0 aliphatic carbocycles. The van der Waals surface area contributed by atoms with E-state index in [0.717, 1.165) is 31.2 Å². The van der Waals surface area contributed by atoms with E-state index in [1.165, 1.54) is 4.90 Å². The van der Waals surface area contributed by atoms with Crippen molar-refractivity contribution in [3.8, 4) is 5.75 Å². The van der Waals surface area contributed by atoms with Crippen LogP contribution in [0, 0.1) is 0 Å². The first-order valence-electron chi connectivity index (χ1n) is 16.3. The Hall–Kier alpha value is -6.10. The maximum atomic E-state index is 13.4. The third-order valence-electron chi connectivity index (χ3n) is 8.56. The number of carboxylic acid groups (broad SMARTS) is 1. The smallest absolute Gasteiger partial charge is 0.475 e. The Bertz CT molecular complexity index is 1870. The van der Waals surface area contributed by atoms with Crippen molar-refractivity contribution in [1.82, 2.24) is 10.6 Å². The van der Waals surface area contributed by atoms with Crippen molar-refractivity contribution in [2.75, 3.05) is 18.0 Å². The molecule has 280 valence electrons. The molecule has 53 heavy (non-hydrogen) atoms. The maximum absolute atomic E-state index is 13.4. The summed E-state index contributed by atoms with van der Waals surface area (Å²) in [5, 5.41) is 12.8. The predicted molar refractivity (Wildman–Crippen MR) is 185 cm³/mol. The van der Waals surface area contributed by atoms with Crippen molar-refractivity contribution in [3.05, 3.63) is 89.5 Å². The van der Waals surface area contributed by atoms with Gasteiger partial charge in [0.15, 0.2) is 5.96 Å². The summed E-state index contributed by atoms with van der Waals surface area (Å²) in [6, 6.07) is 20.9. The average Bonchev–Trinajstić information content (AvgIpc) is 3.79. The highest BCUT2D eigenvalue weighted by Gasteiger charge is 2.72. The summed E-state index contributed by atoms with van der Waals surface area (Å²) in [5.41, 5.74) is 10.9. The molecule has 0 saturated carbocycles. The zero-order valence-electron chi connectivity index (χ0n) is 28.2. The number of esters is 1. The Morgan fingerprint density at radius 3 is 2.23 bits per heavy atom. The number of alkyl halides is 3. The second-order valence-corrected chi connectivity index (χ2v) is 12.2. The van der Waals surface area contributed by atoms with Crippen LogP contribution in [0.5, 0.6) is 5.75 Å². The molecule has 1 fully saturated rings. The summed E-state index contributed by atoms with van der Waals surface area (Å²) >= 11 is 0. The fraction of sp³-hybridized carbons (Fsp3) is 0.306. The molecule has 2 aliphatic heterocycles. The number of anilines is 2. The largest absolute Gasteiger partial charge is 0.490 e. The molecule has 17 heteroatoms. The summed E-state index contributed by atoms with van der Waals surface area (Å²) in [6.07, 6.45) is -0.636. The number of benzene rings is 3. The molecule has 2 atom stereocenters. The van der Waals surface area contributed by atoms with Crippen LogP contribution in [0.2, 0.25) is 0 Å². The first kappa shape index (κ1) is 39.7. The van der Waals surface area contributed by atoms with Gasteiger partial charge in [0.05, 0.1) is 17.8 Å². The zero-order valence-corrected chi connectivity index (χ0v) is 28.2. The monoisotopic (exact) mass is 738 g/mol. The van der Waals surface area contributed by atoms with Crippen LogP contribution in [0.25, 0.3) is 0 Å². The Morgan fingerprint density at radius 1 is 0.962 bits per heavy atom. The molecule has 0 spiro atoms. The van der Waals surface area contributed by atoms with Crippen LogP contribution in [-0.2, 0) is 36.8 Å². The molecule has 2 amide bonds. The molecule has 0 bridgehead atoms. The Morgan fingerprint density at radius 2 is 1.62 bits per heavy atom. The van der Waals surface area contributed by atoms with Crippen molar-refractivity contribution >= 4 is 53.7 Å². The number of rotatable bonds is 14. The summed E-state index contributed by atoms with van der Waals surface area (Å²) < 4.78 is 37.3. The van der Waals surface area contributed by atoms with Crippen molar-refractivity contribution in [1.29, 1.82) is 0 Å². The fourth-order valence-corrected chi connectivity index (χ4v) is 5.83. The number of hydrogen-bond acceptors (Lipinski definition) is 9. The van der Waals surface area contributed by atoms with Crippen molar-refractivity contribution in [3.63, 3.8) is 0 Å². The van der Waals surface area contributed by atoms with Crippen LogP contribution in [0.4, 0.5) is 24.5 Å². The number of carbonyl (C=O) groups excluding carboxylic acids is 5. The number of nitrogens with two attached hydrogens (primary N) is 2. The third-order valence-corrected chi connectivity index (χ3v) is 8.56. The summed E-state index contributed by atoms with van der Waals surface area (Å²) in [7, 11) is 0. The quantitative estimate of drug-likeness (QED) is 0.0307. The summed E-state index contributed by atoms with van der Waals surface area (Å²) in [6.45, 7) is 0.387. The van der Waals surface area contributed by atoms with E-state index in [1.807, 2.05) is 12.1 Å². The van der Waals surface area contributed by atoms with Gasteiger partial charge in [0.25, 0.3) is 11.8 Å². The number of carboxylic acids is 1. The Labute approximate surface area is 301 Å². The van der Waals surface area contributed by atoms with E-state index in [2.05, 4.69) is 15.6 Å². The molecule has 7 N–H and O–H groups in total. The molecule has 2 aliphatic rings. The normalized spacial score (nSPS) is 19.0. The van der Waals surface area contributed by atoms with Gasteiger partial charge in [0.1, 0.15) is 29.4 Å². The number of guanidine groups is 1. The molecule has 0 aromatic heterocycles. The van der Waals surface area contributed by atoms with E-state index >= 15 is 0 Å². The number of aliphatic imine (C=N–C) groups is 1. The van der Waals surface area contributed by atoms with Crippen LogP contribution in [0.15, 0.2) is 77.8 Å². The highest BCUT2D eigenvalue weighted by atomic mass is 19.4. The van der Waals surface area contributed by atoms with E-state index in [4.69, 9.17) is 26.1 Å². The molecule has 0 radical (unpaired) electrons. The number of unbranched alkanes of at least 4 members (excludes halogenated alkanes) is 2. The SMILES string of the molecule is NC(N)=NCCCCCc1ccc2c(c1)C(=O)NCC(=O)N2c1ccc(C[C@@]2(C(=O)Oc3ccccc3)NC2(C=O)CC=O)cc1.O=C(O)C(F)(F)F. The number of para-hydroxylation sites is 1. The molecule has 3 aromatic carbocycles. The molecule has 14 nitrogen and oxygen atoms in total. The van der Waals surface area contributed by atoms with Crippen LogP contribution in [0.3, 0.4) is 0 Å². The highest BCUT2D eigenvalue weighted by molar-refractivity contribution is 6.13. The van der Waals surface area contributed by atoms with E-state index in [9.17, 15) is 37.1 Å². The molecule has 5 rings (SSSR count). The van der Waals surface area contributed by atoms with Crippen LogP contribution in [0.1, 0.15) is 47.2 Å². The number of aldehydes is 2. The van der Waals surface area contributed by atoms with Crippen molar-refractivity contribution in [2.45, 2.75) is 55.8 Å². The van der Waals surface area contributed by atoms with Gasteiger partial charge in [-0.25, -0.2) is 9.59 Å². The fourth-order valence-electron chi connectivity index (χ4n) is 5.83. The van der Waals surface area contributed by atoms with E-state index in [0.29, 0.717) is 47.4 Å². The van der Waals surface area contributed by atoms with E-state index in [1.54, 1.807) is 60.7 Å². The maximum Gasteiger partial charge on any atom is 0.490 e. The van der Waals surface area contributed by atoms with Crippen molar-refractivity contribution < 1.29 is 51.8 Å². The lowest BCUT2D eigenvalue weighted by Crippen LogP contribution is -2.41. The van der Waals surface area contributed by atoms with E-state index in [-0.39, 0.29) is 37.2 Å². The lowest BCUT2D eigenvalue weighted by atomic mass is 9.85. The first-order valence-corrected chi connectivity index (χ1v) is 16.3. The lowest BCUT2D eigenvalue weighted by Gasteiger charge is -2.23. The lowest BCUT2D eigenvalue weighted by molar-refractivity contribution is -0.192. The molecule has 2 heterocycles. The van der Waals surface area contributed by atoms with Gasteiger partial charge >= 0.3 is 18.1 Å². The minimum atomic E-state index is -5.08. The molecule has 3 aromatic rings. The third kappa shape index (κ3) is 9.62. The zero-order chi connectivity index (χ0) is 38.8. The highest BCUT2D eigenvalue weighted by Crippen LogP contribution is 2.44. The number of nitrogens with one attached hydrogen (secondary N) is 2. The second-order valence-electron chi connectivity index (χ2n) is 12.2. The molecule has 1 saturated heterocycles. The number of fused-ring (bicyclic) bond motifs is 1. The number of halogens is 3. The Kier molecular flexibility index (Phi) is 12.7. The Balaban J connectivity index is 0.000000815. The first-order chi connectivity index (χ1) is 25.2. The van der Waals surface area contributed by atoms with Gasteiger partial charge in [0, 0.05) is 25.1 Å². The number of nitrogens with zero attached hydrogens (tertiary/aromatic N) is 2. The number of aliphatic carboxylic acids is 1. The van der Waals surface area contributed by atoms with Crippen LogP contribution < -0.4 is 31.7 Å². The predicted octanol–water partition coefficient (Wildman–Crippen LogP) is 2.73. The van der Waals surface area contributed by atoms with Gasteiger partial charge in [-0.2, -0.15) is 13.2 Å². The van der Waals surface area contributed by atoms with Gasteiger partial charge in [-0.15, -0.1) is 0 Å². The molecular weight excluding hydrogens is 701 g/mol. The van der Waals surface area contributed by atoms with Gasteiger partial charge in [-0.1, -0.05) is 42.8 Å². The minimum absolute atomic E-state index is 0.0609. The number of amides is 2. The summed E-state index contributed by atoms with van der Waals surface area (Å²) in [5.74, 6) is -3.70. The average molecular weight is 739 g/mol.